The van der Waals surface area contributed by atoms with Gasteiger partial charge in [-0.3, -0.25) is 4.79 Å². The number of ether oxygens (including phenoxy) is 3. The Balaban J connectivity index is 1.50. The van der Waals surface area contributed by atoms with E-state index in [4.69, 9.17) is 14.2 Å². The zero-order valence-electron chi connectivity index (χ0n) is 16.2. The number of carbonyl (C=O) groups is 1. The summed E-state index contributed by atoms with van der Waals surface area (Å²) in [6.45, 7) is 3.75. The van der Waals surface area contributed by atoms with Gasteiger partial charge in [-0.25, -0.2) is 0 Å². The Labute approximate surface area is 173 Å². The molecular weight excluding hydrogens is 394 g/mol. The van der Waals surface area contributed by atoms with Gasteiger partial charge in [0.25, 0.3) is 0 Å². The van der Waals surface area contributed by atoms with E-state index in [-0.39, 0.29) is 19.1 Å². The van der Waals surface area contributed by atoms with Crippen molar-refractivity contribution >= 4 is 12.0 Å². The van der Waals surface area contributed by atoms with Crippen molar-refractivity contribution < 1.29 is 39.4 Å². The molecule has 2 fully saturated rings. The van der Waals surface area contributed by atoms with Crippen LogP contribution in [0.15, 0.2) is 30.4 Å². The molecule has 0 bridgehead atoms. The molecule has 5 N–H and O–H groups in total. The van der Waals surface area contributed by atoms with E-state index in [2.05, 4.69) is 11.9 Å². The number of aliphatic hydroxyl groups excluding tert-OH is 3. The highest BCUT2D eigenvalue weighted by Gasteiger charge is 2.53. The standard InChI is InChI=1S/C21H25NO8/c1-2-7-28-13-6-4-10-8-11(3-5-12(10)15(13)23)21(27)22-14-16(24)18(26)20-19(17(14)25)29-9-30-20/h2,4,6,8,14,16-20,23-26H,1,3,5,7,9H2,(H,22,27)/t14-,16+,17-,18-,19+,20-/m1/s1. The molecule has 30 heavy (non-hydrogen) atoms. The average molecular weight is 419 g/mol. The molecule has 0 radical (unpaired) electrons. The maximum atomic E-state index is 12.8. The first kappa shape index (κ1) is 20.8. The van der Waals surface area contributed by atoms with E-state index in [1.165, 1.54) is 0 Å². The Hall–Kier alpha value is -2.43. The van der Waals surface area contributed by atoms with Crippen molar-refractivity contribution in [2.75, 3.05) is 13.4 Å². The molecule has 4 rings (SSSR count). The Morgan fingerprint density at radius 3 is 2.63 bits per heavy atom. The number of aromatic hydroxyl groups is 1. The number of rotatable bonds is 5. The van der Waals surface area contributed by atoms with Crippen molar-refractivity contribution in [3.63, 3.8) is 0 Å². The number of amides is 1. The fourth-order valence-electron chi connectivity index (χ4n) is 4.19. The van der Waals surface area contributed by atoms with E-state index in [0.29, 0.717) is 35.3 Å². The van der Waals surface area contributed by atoms with Gasteiger partial charge in [-0.05, 0) is 30.5 Å². The number of benzene rings is 1. The first-order chi connectivity index (χ1) is 14.4. The number of aliphatic hydroxyl groups is 3. The molecule has 1 amide bonds. The van der Waals surface area contributed by atoms with Crippen LogP contribution in [-0.4, -0.2) is 76.3 Å². The van der Waals surface area contributed by atoms with Gasteiger partial charge < -0.3 is 40.0 Å². The molecule has 9 nitrogen and oxygen atoms in total. The highest BCUT2D eigenvalue weighted by atomic mass is 16.7. The summed E-state index contributed by atoms with van der Waals surface area (Å²) in [4.78, 5) is 12.8. The Bertz CT molecular complexity index is 869. The first-order valence-electron chi connectivity index (χ1n) is 9.79. The predicted molar refractivity (Wildman–Crippen MR) is 105 cm³/mol. The van der Waals surface area contributed by atoms with Gasteiger partial charge in [0.05, 0.1) is 6.04 Å². The van der Waals surface area contributed by atoms with Crippen molar-refractivity contribution in [1.82, 2.24) is 5.32 Å². The van der Waals surface area contributed by atoms with Crippen molar-refractivity contribution in [1.29, 1.82) is 0 Å². The van der Waals surface area contributed by atoms with Crippen LogP contribution in [0.5, 0.6) is 11.5 Å². The van der Waals surface area contributed by atoms with Crippen LogP contribution < -0.4 is 10.1 Å². The summed E-state index contributed by atoms with van der Waals surface area (Å²) in [5.41, 5.74) is 1.80. The third-order valence-electron chi connectivity index (χ3n) is 5.81. The summed E-state index contributed by atoms with van der Waals surface area (Å²) in [7, 11) is 0. The van der Waals surface area contributed by atoms with E-state index in [1.54, 1.807) is 24.3 Å². The van der Waals surface area contributed by atoms with E-state index in [9.17, 15) is 25.2 Å². The molecule has 3 aliphatic rings. The molecule has 0 aromatic heterocycles. The summed E-state index contributed by atoms with van der Waals surface area (Å²) in [5.74, 6) is -0.0822. The normalized spacial score (nSPS) is 32.6. The maximum absolute atomic E-state index is 12.8. The Morgan fingerprint density at radius 1 is 1.17 bits per heavy atom. The average Bonchev–Trinajstić information content (AvgIpc) is 3.25. The molecule has 0 unspecified atom stereocenters. The molecule has 9 heteroatoms. The summed E-state index contributed by atoms with van der Waals surface area (Å²) in [6, 6.07) is 2.26. The monoisotopic (exact) mass is 419 g/mol. The highest BCUT2D eigenvalue weighted by molar-refractivity contribution is 5.99. The zero-order chi connectivity index (χ0) is 21.4. The van der Waals surface area contributed by atoms with Crippen LogP contribution in [0.25, 0.3) is 6.08 Å². The minimum atomic E-state index is -1.41. The third kappa shape index (κ3) is 3.59. The predicted octanol–water partition coefficient (Wildman–Crippen LogP) is -0.391. The summed E-state index contributed by atoms with van der Waals surface area (Å²) in [5, 5.41) is 44.1. The lowest BCUT2D eigenvalue weighted by atomic mass is 9.82. The molecule has 1 aromatic rings. The van der Waals surface area contributed by atoms with Crippen molar-refractivity contribution in [3.05, 3.63) is 41.5 Å². The molecule has 1 saturated carbocycles. The van der Waals surface area contributed by atoms with Gasteiger partial charge in [0.1, 0.15) is 43.9 Å². The summed E-state index contributed by atoms with van der Waals surface area (Å²) < 4.78 is 15.9. The van der Waals surface area contributed by atoms with Gasteiger partial charge in [0, 0.05) is 11.1 Å². The van der Waals surface area contributed by atoms with Crippen LogP contribution in [0.2, 0.25) is 0 Å². The zero-order valence-corrected chi connectivity index (χ0v) is 16.2. The molecule has 1 saturated heterocycles. The fourth-order valence-corrected chi connectivity index (χ4v) is 4.19. The van der Waals surface area contributed by atoms with Gasteiger partial charge in [0.2, 0.25) is 5.91 Å². The van der Waals surface area contributed by atoms with E-state index in [0.717, 1.165) is 0 Å². The number of nitrogens with one attached hydrogen (secondary N) is 1. The molecule has 0 spiro atoms. The second kappa shape index (κ2) is 8.37. The number of hydrogen-bond donors (Lipinski definition) is 5. The molecule has 2 aliphatic carbocycles. The summed E-state index contributed by atoms with van der Waals surface area (Å²) >= 11 is 0. The van der Waals surface area contributed by atoms with Gasteiger partial charge in [0.15, 0.2) is 11.5 Å². The van der Waals surface area contributed by atoms with Gasteiger partial charge in [-0.2, -0.15) is 0 Å². The van der Waals surface area contributed by atoms with Crippen molar-refractivity contribution in [2.24, 2.45) is 0 Å². The second-order valence-electron chi connectivity index (χ2n) is 7.60. The lowest BCUT2D eigenvalue weighted by Gasteiger charge is -2.41. The smallest absolute Gasteiger partial charge is 0.247 e. The SMILES string of the molecule is C=CCOc1ccc2c(c1O)CCC(C(=O)N[C@@H]1[C@H](O)[C@@H](O)[C@H]3OCO[C@H]3[C@@H]1O)=C2. The lowest BCUT2D eigenvalue weighted by Crippen LogP contribution is -2.67. The molecule has 162 valence electrons. The minimum absolute atomic E-state index is 0.0377. The van der Waals surface area contributed by atoms with Crippen molar-refractivity contribution in [3.8, 4) is 11.5 Å². The quantitative estimate of drug-likeness (QED) is 0.407. The fraction of sp³-hybridized carbons (Fsp3) is 0.476. The van der Waals surface area contributed by atoms with E-state index < -0.39 is 42.5 Å². The first-order valence-corrected chi connectivity index (χ1v) is 9.79. The van der Waals surface area contributed by atoms with Crippen molar-refractivity contribution in [2.45, 2.75) is 49.4 Å². The number of carbonyl (C=O) groups excluding carboxylic acids is 1. The second-order valence-corrected chi connectivity index (χ2v) is 7.60. The highest BCUT2D eigenvalue weighted by Crippen LogP contribution is 2.38. The molecule has 1 heterocycles. The number of fused-ring (bicyclic) bond motifs is 2. The van der Waals surface area contributed by atoms with Gasteiger partial charge >= 0.3 is 0 Å². The molecular formula is C21H25NO8. The van der Waals surface area contributed by atoms with Crippen LogP contribution in [0.3, 0.4) is 0 Å². The number of phenols is 1. The Kier molecular flexibility index (Phi) is 5.81. The lowest BCUT2D eigenvalue weighted by molar-refractivity contribution is -0.155. The van der Waals surface area contributed by atoms with E-state index >= 15 is 0 Å². The van der Waals surface area contributed by atoms with Crippen LogP contribution in [0.4, 0.5) is 0 Å². The molecule has 1 aliphatic heterocycles. The van der Waals surface area contributed by atoms with Crippen LogP contribution in [0, 0.1) is 0 Å². The minimum Gasteiger partial charge on any atom is -0.504 e. The largest absolute Gasteiger partial charge is 0.504 e. The number of hydrogen-bond acceptors (Lipinski definition) is 8. The summed E-state index contributed by atoms with van der Waals surface area (Å²) in [6.07, 6.45) is -1.60. The molecule has 6 atom stereocenters. The topological polar surface area (TPSA) is 138 Å². The van der Waals surface area contributed by atoms with Gasteiger partial charge in [-0.15, -0.1) is 0 Å². The number of phenolic OH excluding ortho intramolecular Hbond substituents is 1. The molecule has 1 aromatic carbocycles. The van der Waals surface area contributed by atoms with Crippen LogP contribution in [-0.2, 0) is 20.7 Å². The Morgan fingerprint density at radius 2 is 1.90 bits per heavy atom. The van der Waals surface area contributed by atoms with Gasteiger partial charge in [-0.1, -0.05) is 18.7 Å². The third-order valence-corrected chi connectivity index (χ3v) is 5.81. The van der Waals surface area contributed by atoms with Crippen LogP contribution >= 0.6 is 0 Å². The maximum Gasteiger partial charge on any atom is 0.247 e. The van der Waals surface area contributed by atoms with Crippen LogP contribution in [0.1, 0.15) is 17.5 Å². The van der Waals surface area contributed by atoms with E-state index in [1.807, 2.05) is 0 Å².